The lowest BCUT2D eigenvalue weighted by molar-refractivity contribution is 0.406. The van der Waals surface area contributed by atoms with Crippen LogP contribution in [0.2, 0.25) is 18.1 Å². The molecule has 0 fully saturated rings. The number of aromatic hydroxyl groups is 1. The molecule has 0 spiro atoms. The van der Waals surface area contributed by atoms with Crippen molar-refractivity contribution in [3.05, 3.63) is 23.3 Å². The Bertz CT molecular complexity index is 549. The van der Waals surface area contributed by atoms with Crippen LogP contribution in [0.25, 0.3) is 0 Å². The average molecular weight is 336 g/mol. The molecule has 3 nitrogen and oxygen atoms in total. The first-order valence-corrected chi connectivity index (χ1v) is 11.8. The van der Waals surface area contributed by atoms with Crippen molar-refractivity contribution in [1.29, 1.82) is 0 Å². The van der Waals surface area contributed by atoms with Crippen molar-refractivity contribution >= 4 is 8.32 Å². The molecule has 0 amide bonds. The molecule has 1 aromatic rings. The minimum absolute atomic E-state index is 0.127. The second kappa shape index (κ2) is 6.86. The average Bonchev–Trinajstić information content (AvgIpc) is 2.46. The van der Waals surface area contributed by atoms with Crippen molar-refractivity contribution < 1.29 is 9.53 Å². The minimum atomic E-state index is -1.95. The summed E-state index contributed by atoms with van der Waals surface area (Å²) in [6, 6.07) is 4.43. The van der Waals surface area contributed by atoms with Crippen molar-refractivity contribution in [1.82, 2.24) is 5.32 Å². The summed E-state index contributed by atoms with van der Waals surface area (Å²) in [7, 11) is -1.95. The maximum Gasteiger partial charge on any atom is 0.250 e. The van der Waals surface area contributed by atoms with E-state index in [9.17, 15) is 5.11 Å². The van der Waals surface area contributed by atoms with E-state index in [0.717, 1.165) is 31.6 Å². The molecule has 0 radical (unpaired) electrons. The summed E-state index contributed by atoms with van der Waals surface area (Å²) >= 11 is 0. The Labute approximate surface area is 142 Å². The van der Waals surface area contributed by atoms with Gasteiger partial charge in [-0.25, -0.2) is 0 Å². The largest absolute Gasteiger partial charge is 0.541 e. The Morgan fingerprint density at radius 3 is 2.61 bits per heavy atom. The number of nitrogens with one attached hydrogen (secondary N) is 1. The lowest BCUT2D eigenvalue weighted by atomic mass is 9.87. The van der Waals surface area contributed by atoms with E-state index in [2.05, 4.69) is 52.2 Å². The summed E-state index contributed by atoms with van der Waals surface area (Å²) in [5, 5.41) is 14.1. The molecule has 130 valence electrons. The highest BCUT2D eigenvalue weighted by Crippen LogP contribution is 2.43. The zero-order valence-electron chi connectivity index (χ0n) is 15.6. The van der Waals surface area contributed by atoms with Gasteiger partial charge in [0.1, 0.15) is 5.75 Å². The first-order chi connectivity index (χ1) is 10.7. The van der Waals surface area contributed by atoms with Gasteiger partial charge in [0.05, 0.1) is 0 Å². The standard InChI is InChI=1S/C19H33NO2Si/c1-7-12-20-15-9-10-16-14(13-15)8-11-17(21)18(16)22-23(5,6)19(2,3)4/h8,11,15,20-21H,7,9-10,12-13H2,1-6H3/t15-/m0/s1. The van der Waals surface area contributed by atoms with Crippen molar-refractivity contribution in [2.75, 3.05) is 6.54 Å². The van der Waals surface area contributed by atoms with E-state index in [0.29, 0.717) is 11.8 Å². The van der Waals surface area contributed by atoms with Gasteiger partial charge in [-0.05, 0) is 67.6 Å². The predicted molar refractivity (Wildman–Crippen MR) is 100 cm³/mol. The van der Waals surface area contributed by atoms with E-state index in [1.54, 1.807) is 0 Å². The lowest BCUT2D eigenvalue weighted by Crippen LogP contribution is -2.44. The van der Waals surface area contributed by atoms with Crippen LogP contribution in [0.1, 0.15) is 51.7 Å². The van der Waals surface area contributed by atoms with Gasteiger partial charge in [-0.2, -0.15) is 0 Å². The summed E-state index contributed by atoms with van der Waals surface area (Å²) in [5.74, 6) is 1.05. The number of hydrogen-bond acceptors (Lipinski definition) is 3. The number of rotatable bonds is 5. The summed E-state index contributed by atoms with van der Waals surface area (Å²) in [6.07, 6.45) is 4.29. The first-order valence-electron chi connectivity index (χ1n) is 8.92. The summed E-state index contributed by atoms with van der Waals surface area (Å²) in [6.45, 7) is 14.4. The zero-order valence-corrected chi connectivity index (χ0v) is 16.6. The summed E-state index contributed by atoms with van der Waals surface area (Å²) in [5.41, 5.74) is 2.56. The lowest BCUT2D eigenvalue weighted by Gasteiger charge is -2.38. The molecular formula is C19H33NO2Si. The fourth-order valence-corrected chi connectivity index (χ4v) is 3.90. The molecular weight excluding hydrogens is 302 g/mol. The summed E-state index contributed by atoms with van der Waals surface area (Å²) < 4.78 is 6.48. The van der Waals surface area contributed by atoms with Crippen LogP contribution in [0, 0.1) is 0 Å². The highest BCUT2D eigenvalue weighted by molar-refractivity contribution is 6.74. The first kappa shape index (κ1) is 18.3. The SMILES string of the molecule is CCCN[C@H]1CCc2c(ccc(O)c2O[Si](C)(C)C(C)(C)C)C1. The van der Waals surface area contributed by atoms with Crippen LogP contribution in [0.15, 0.2) is 12.1 Å². The zero-order chi connectivity index (χ0) is 17.3. The van der Waals surface area contributed by atoms with Gasteiger partial charge < -0.3 is 14.8 Å². The number of fused-ring (bicyclic) bond motifs is 1. The third kappa shape index (κ3) is 4.10. The molecule has 0 bridgehead atoms. The van der Waals surface area contributed by atoms with Crippen LogP contribution in [0.3, 0.4) is 0 Å². The highest BCUT2D eigenvalue weighted by Gasteiger charge is 2.40. The van der Waals surface area contributed by atoms with Gasteiger partial charge in [0, 0.05) is 6.04 Å². The molecule has 1 atom stereocenters. The van der Waals surface area contributed by atoms with Gasteiger partial charge in [-0.15, -0.1) is 0 Å². The van der Waals surface area contributed by atoms with Crippen molar-refractivity contribution in [3.63, 3.8) is 0 Å². The van der Waals surface area contributed by atoms with Crippen LogP contribution in [-0.4, -0.2) is 26.0 Å². The highest BCUT2D eigenvalue weighted by atomic mass is 28.4. The number of benzene rings is 1. The van der Waals surface area contributed by atoms with Crippen LogP contribution < -0.4 is 9.74 Å². The van der Waals surface area contributed by atoms with Gasteiger partial charge in [0.25, 0.3) is 8.32 Å². The maximum atomic E-state index is 10.4. The maximum absolute atomic E-state index is 10.4. The third-order valence-electron chi connectivity index (χ3n) is 5.39. The smallest absolute Gasteiger partial charge is 0.250 e. The van der Waals surface area contributed by atoms with E-state index in [-0.39, 0.29) is 5.04 Å². The van der Waals surface area contributed by atoms with Gasteiger partial charge >= 0.3 is 0 Å². The van der Waals surface area contributed by atoms with Crippen LogP contribution in [0.5, 0.6) is 11.5 Å². The van der Waals surface area contributed by atoms with E-state index in [1.165, 1.54) is 17.5 Å². The molecule has 0 heterocycles. The second-order valence-corrected chi connectivity index (χ2v) is 13.0. The Hall–Kier alpha value is -1.00. The number of phenols is 1. The second-order valence-electron chi connectivity index (χ2n) is 8.31. The molecule has 1 aliphatic carbocycles. The fraction of sp³-hybridized carbons (Fsp3) is 0.684. The van der Waals surface area contributed by atoms with E-state index >= 15 is 0 Å². The molecule has 2 N–H and O–H groups in total. The predicted octanol–water partition coefficient (Wildman–Crippen LogP) is 4.63. The van der Waals surface area contributed by atoms with Gasteiger partial charge in [0.15, 0.2) is 5.75 Å². The number of phenolic OH excluding ortho intramolecular Hbond substituents is 1. The third-order valence-corrected chi connectivity index (χ3v) is 9.72. The fourth-order valence-electron chi connectivity index (χ4n) is 2.85. The molecule has 1 aliphatic rings. The Kier molecular flexibility index (Phi) is 5.47. The van der Waals surface area contributed by atoms with Crippen molar-refractivity contribution in [2.45, 2.75) is 77.6 Å². The molecule has 1 aromatic carbocycles. The normalized spacial score (nSPS) is 18.6. The quantitative estimate of drug-likeness (QED) is 0.771. The van der Waals surface area contributed by atoms with Crippen LogP contribution >= 0.6 is 0 Å². The van der Waals surface area contributed by atoms with Crippen molar-refractivity contribution in [2.24, 2.45) is 0 Å². The topological polar surface area (TPSA) is 41.5 Å². The van der Waals surface area contributed by atoms with Crippen molar-refractivity contribution in [3.8, 4) is 11.5 Å². The molecule has 0 unspecified atom stereocenters. The molecule has 0 saturated heterocycles. The minimum Gasteiger partial charge on any atom is -0.541 e. The number of hydrogen-bond donors (Lipinski definition) is 2. The molecule has 2 rings (SSSR count). The summed E-state index contributed by atoms with van der Waals surface area (Å²) in [4.78, 5) is 0. The Balaban J connectivity index is 2.26. The monoisotopic (exact) mass is 335 g/mol. The molecule has 0 aromatic heterocycles. The Morgan fingerprint density at radius 1 is 1.30 bits per heavy atom. The molecule has 0 aliphatic heterocycles. The molecule has 0 saturated carbocycles. The van der Waals surface area contributed by atoms with Crippen LogP contribution in [-0.2, 0) is 12.8 Å². The van der Waals surface area contributed by atoms with Gasteiger partial charge in [-0.1, -0.05) is 33.8 Å². The van der Waals surface area contributed by atoms with Crippen LogP contribution in [0.4, 0.5) is 0 Å². The van der Waals surface area contributed by atoms with E-state index < -0.39 is 8.32 Å². The molecule has 23 heavy (non-hydrogen) atoms. The van der Waals surface area contributed by atoms with Gasteiger partial charge in [0.2, 0.25) is 0 Å². The van der Waals surface area contributed by atoms with E-state index in [4.69, 9.17) is 4.43 Å². The van der Waals surface area contributed by atoms with Gasteiger partial charge in [-0.3, -0.25) is 0 Å². The Morgan fingerprint density at radius 2 is 2.00 bits per heavy atom. The van der Waals surface area contributed by atoms with E-state index in [1.807, 2.05) is 6.07 Å². The molecule has 4 heteroatoms.